The Bertz CT molecular complexity index is 1450. The number of hydrogen-bond acceptors (Lipinski definition) is 7. The summed E-state index contributed by atoms with van der Waals surface area (Å²) < 4.78 is 3.47. The summed E-state index contributed by atoms with van der Waals surface area (Å²) in [4.78, 5) is 21.0. The van der Waals surface area contributed by atoms with Crippen LogP contribution in [0.15, 0.2) is 49.2 Å². The second kappa shape index (κ2) is 10.6. The van der Waals surface area contributed by atoms with Crippen LogP contribution >= 0.6 is 12.4 Å². The monoisotopic (exact) mass is 520 g/mol. The number of pyridine rings is 2. The zero-order chi connectivity index (χ0) is 25.4. The molecule has 5 heterocycles. The first-order valence-corrected chi connectivity index (χ1v) is 11.9. The van der Waals surface area contributed by atoms with Crippen LogP contribution < -0.4 is 4.90 Å². The molecule has 1 aliphatic rings. The van der Waals surface area contributed by atoms with Gasteiger partial charge in [-0.1, -0.05) is 13.8 Å². The van der Waals surface area contributed by atoms with E-state index >= 15 is 0 Å². The summed E-state index contributed by atoms with van der Waals surface area (Å²) in [6, 6.07) is 8.24. The molecule has 4 aromatic heterocycles. The fourth-order valence-electron chi connectivity index (χ4n) is 4.51. The summed E-state index contributed by atoms with van der Waals surface area (Å²) in [5, 5.41) is 28.4. The maximum atomic E-state index is 12.5. The van der Waals surface area contributed by atoms with Gasteiger partial charge >= 0.3 is 0 Å². The number of amides is 1. The lowest BCUT2D eigenvalue weighted by Gasteiger charge is -2.36. The van der Waals surface area contributed by atoms with Gasteiger partial charge in [0.25, 0.3) is 5.91 Å². The maximum Gasteiger partial charge on any atom is 0.251 e. The van der Waals surface area contributed by atoms with Crippen molar-refractivity contribution < 1.29 is 9.90 Å². The molecular formula is C26H29ClN8O2. The molecule has 0 unspecified atom stereocenters. The van der Waals surface area contributed by atoms with Crippen molar-refractivity contribution in [2.75, 3.05) is 31.1 Å². The van der Waals surface area contributed by atoms with Crippen LogP contribution in [0.4, 0.5) is 5.82 Å². The summed E-state index contributed by atoms with van der Waals surface area (Å²) in [5.74, 6) is 0.508. The number of aromatic nitrogens is 5. The van der Waals surface area contributed by atoms with E-state index in [9.17, 15) is 15.2 Å². The molecule has 11 heteroatoms. The number of carbonyl (C=O) groups is 1. The van der Waals surface area contributed by atoms with Gasteiger partial charge in [-0.2, -0.15) is 15.5 Å². The Labute approximate surface area is 221 Å². The van der Waals surface area contributed by atoms with E-state index in [0.29, 0.717) is 31.7 Å². The predicted molar refractivity (Wildman–Crippen MR) is 142 cm³/mol. The third kappa shape index (κ3) is 5.01. The highest BCUT2D eigenvalue weighted by Gasteiger charge is 2.28. The van der Waals surface area contributed by atoms with Crippen LogP contribution in [0.1, 0.15) is 19.4 Å². The van der Waals surface area contributed by atoms with Crippen molar-refractivity contribution in [2.24, 2.45) is 13.0 Å². The first-order valence-electron chi connectivity index (χ1n) is 11.9. The highest BCUT2D eigenvalue weighted by Crippen LogP contribution is 2.32. The zero-order valence-corrected chi connectivity index (χ0v) is 21.8. The third-order valence-electron chi connectivity index (χ3n) is 6.63. The molecule has 1 fully saturated rings. The smallest absolute Gasteiger partial charge is 0.251 e. The molecule has 1 aliphatic heterocycles. The molecule has 0 radical (unpaired) electrons. The number of piperazine rings is 1. The molecule has 0 spiro atoms. The van der Waals surface area contributed by atoms with Crippen molar-refractivity contribution in [1.29, 1.82) is 5.26 Å². The van der Waals surface area contributed by atoms with Gasteiger partial charge in [-0.15, -0.1) is 12.4 Å². The lowest BCUT2D eigenvalue weighted by atomic mass is 10.0. The minimum Gasteiger partial charge on any atom is -0.383 e. The van der Waals surface area contributed by atoms with Crippen LogP contribution in [0.25, 0.3) is 27.8 Å². The standard InChI is InChI=1S/C26H28N8O2.ClH/c1-17(2)25(35)26(36)33-8-6-32(7-9-33)23-5-4-18(12-28-23)22-10-19(21-14-29-31(3)15-21)16-34-24(22)20(11-27)13-30-34;/h4-5,10,12-17,25,35H,6-9H2,1-3H3;1H/t25-;/m1./s1. The van der Waals surface area contributed by atoms with Gasteiger partial charge in [-0.3, -0.25) is 9.48 Å². The van der Waals surface area contributed by atoms with Crippen molar-refractivity contribution in [3.05, 3.63) is 54.7 Å². The molecule has 1 amide bonds. The molecule has 192 valence electrons. The highest BCUT2D eigenvalue weighted by molar-refractivity contribution is 5.87. The number of carbonyl (C=O) groups excluding carboxylic acids is 1. The topological polar surface area (TPSA) is 116 Å². The summed E-state index contributed by atoms with van der Waals surface area (Å²) in [6.45, 7) is 6.06. The number of nitrogens with zero attached hydrogens (tertiary/aromatic N) is 8. The van der Waals surface area contributed by atoms with Crippen LogP contribution in [0.3, 0.4) is 0 Å². The van der Waals surface area contributed by atoms with Crippen LogP contribution in [-0.4, -0.2) is 72.6 Å². The Morgan fingerprint density at radius 1 is 1.03 bits per heavy atom. The number of aryl methyl sites for hydroxylation is 1. The molecule has 0 aliphatic carbocycles. The van der Waals surface area contributed by atoms with Crippen LogP contribution in [0, 0.1) is 17.2 Å². The molecule has 4 aromatic rings. The first kappa shape index (κ1) is 26.1. The Morgan fingerprint density at radius 3 is 2.38 bits per heavy atom. The summed E-state index contributed by atoms with van der Waals surface area (Å²) in [7, 11) is 1.87. The SMILES string of the molecule is CC(C)[C@@H](O)C(=O)N1CCN(c2ccc(-c3cc(-c4cnn(C)c4)cn4ncc(C#N)c34)cn2)CC1.Cl. The fourth-order valence-corrected chi connectivity index (χ4v) is 4.51. The van der Waals surface area contributed by atoms with Crippen molar-refractivity contribution in [1.82, 2.24) is 29.3 Å². The molecular weight excluding hydrogens is 492 g/mol. The number of nitriles is 1. The number of aliphatic hydroxyl groups excluding tert-OH is 1. The summed E-state index contributed by atoms with van der Waals surface area (Å²) in [6.07, 6.45) is 8.05. The number of aliphatic hydroxyl groups is 1. The molecule has 0 saturated carbocycles. The van der Waals surface area contributed by atoms with Gasteiger partial charge in [0.05, 0.1) is 23.5 Å². The maximum absolute atomic E-state index is 12.5. The third-order valence-corrected chi connectivity index (χ3v) is 6.63. The molecule has 5 rings (SSSR count). The van der Waals surface area contributed by atoms with E-state index in [1.165, 1.54) is 0 Å². The van der Waals surface area contributed by atoms with Gasteiger partial charge in [0.15, 0.2) is 0 Å². The average Bonchev–Trinajstić information content (AvgIpc) is 3.53. The fraction of sp³-hybridized carbons (Fsp3) is 0.346. The van der Waals surface area contributed by atoms with Gasteiger partial charge in [0, 0.05) is 74.1 Å². The van der Waals surface area contributed by atoms with E-state index in [4.69, 9.17) is 4.98 Å². The van der Waals surface area contributed by atoms with Gasteiger partial charge in [-0.25, -0.2) is 9.50 Å². The summed E-state index contributed by atoms with van der Waals surface area (Å²) >= 11 is 0. The lowest BCUT2D eigenvalue weighted by molar-refractivity contribution is -0.142. The van der Waals surface area contributed by atoms with E-state index in [0.717, 1.165) is 33.6 Å². The quantitative estimate of drug-likeness (QED) is 0.430. The minimum absolute atomic E-state index is 0. The number of hydrogen-bond donors (Lipinski definition) is 1. The Balaban J connectivity index is 0.00000320. The van der Waals surface area contributed by atoms with Crippen LogP contribution in [0.2, 0.25) is 0 Å². The van der Waals surface area contributed by atoms with E-state index < -0.39 is 6.10 Å². The zero-order valence-electron chi connectivity index (χ0n) is 20.9. The van der Waals surface area contributed by atoms with Gasteiger partial charge in [0.1, 0.15) is 18.0 Å². The number of halogens is 1. The van der Waals surface area contributed by atoms with Crippen LogP contribution in [0.5, 0.6) is 0 Å². The van der Waals surface area contributed by atoms with E-state index in [-0.39, 0.29) is 24.2 Å². The molecule has 10 nitrogen and oxygen atoms in total. The minimum atomic E-state index is -0.963. The van der Waals surface area contributed by atoms with Crippen molar-refractivity contribution in [3.63, 3.8) is 0 Å². The number of anilines is 1. The van der Waals surface area contributed by atoms with E-state index in [2.05, 4.69) is 21.2 Å². The molecule has 1 saturated heterocycles. The average molecular weight is 521 g/mol. The first-order chi connectivity index (χ1) is 17.4. The lowest BCUT2D eigenvalue weighted by Crippen LogP contribution is -2.52. The van der Waals surface area contributed by atoms with E-state index in [1.54, 1.807) is 26.5 Å². The second-order valence-electron chi connectivity index (χ2n) is 9.41. The number of rotatable bonds is 5. The second-order valence-corrected chi connectivity index (χ2v) is 9.41. The predicted octanol–water partition coefficient (Wildman–Crippen LogP) is 2.76. The molecule has 0 aromatic carbocycles. The van der Waals surface area contributed by atoms with Gasteiger partial charge in [0.2, 0.25) is 0 Å². The van der Waals surface area contributed by atoms with Gasteiger partial charge < -0.3 is 14.9 Å². The van der Waals surface area contributed by atoms with Crippen molar-refractivity contribution >= 4 is 29.6 Å². The molecule has 0 bridgehead atoms. The van der Waals surface area contributed by atoms with Crippen LogP contribution in [-0.2, 0) is 11.8 Å². The number of fused-ring (bicyclic) bond motifs is 1. The molecule has 1 atom stereocenters. The Kier molecular flexibility index (Phi) is 7.47. The normalized spacial score (nSPS) is 14.5. The Morgan fingerprint density at radius 2 is 1.78 bits per heavy atom. The largest absolute Gasteiger partial charge is 0.383 e. The molecule has 37 heavy (non-hydrogen) atoms. The molecule has 1 N–H and O–H groups in total. The van der Waals surface area contributed by atoms with E-state index in [1.807, 2.05) is 57.7 Å². The van der Waals surface area contributed by atoms with Gasteiger partial charge in [-0.05, 0) is 24.1 Å². The van der Waals surface area contributed by atoms with Crippen molar-refractivity contribution in [2.45, 2.75) is 20.0 Å². The Hall–Kier alpha value is -3.94. The highest BCUT2D eigenvalue weighted by atomic mass is 35.5. The van der Waals surface area contributed by atoms with Crippen molar-refractivity contribution in [3.8, 4) is 28.3 Å². The summed E-state index contributed by atoms with van der Waals surface area (Å²) in [5.41, 5.74) is 4.86.